The summed E-state index contributed by atoms with van der Waals surface area (Å²) < 4.78 is 25.6. The molecule has 1 aromatic carbocycles. The summed E-state index contributed by atoms with van der Waals surface area (Å²) in [7, 11) is -0.914. The highest BCUT2D eigenvalue weighted by molar-refractivity contribution is 7.91. The first kappa shape index (κ1) is 21.8. The summed E-state index contributed by atoms with van der Waals surface area (Å²) in [6, 6.07) is 3.90. The molecule has 1 fully saturated rings. The van der Waals surface area contributed by atoms with Gasteiger partial charge in [0, 0.05) is 29.9 Å². The van der Waals surface area contributed by atoms with E-state index in [-0.39, 0.29) is 17.5 Å². The molecule has 0 amide bonds. The van der Waals surface area contributed by atoms with E-state index >= 15 is 0 Å². The van der Waals surface area contributed by atoms with Crippen molar-refractivity contribution in [3.8, 4) is 5.75 Å². The van der Waals surface area contributed by atoms with E-state index in [1.807, 2.05) is 38.6 Å². The molecule has 7 heteroatoms. The van der Waals surface area contributed by atoms with E-state index in [1.165, 1.54) is 5.56 Å². The van der Waals surface area contributed by atoms with Gasteiger partial charge in [0.2, 0.25) is 0 Å². The maximum atomic E-state index is 11.9. The van der Waals surface area contributed by atoms with Gasteiger partial charge in [-0.3, -0.25) is 9.58 Å². The van der Waals surface area contributed by atoms with Crippen LogP contribution in [0.2, 0.25) is 0 Å². The smallest absolute Gasteiger partial charge is 0.152 e. The second-order valence-electron chi connectivity index (χ2n) is 8.82. The van der Waals surface area contributed by atoms with Crippen LogP contribution in [0.4, 0.5) is 0 Å². The molecule has 1 aliphatic rings. The van der Waals surface area contributed by atoms with Gasteiger partial charge in [0.15, 0.2) is 9.84 Å². The van der Waals surface area contributed by atoms with Crippen molar-refractivity contribution in [1.82, 2.24) is 14.7 Å². The molecule has 0 spiro atoms. The molecular formula is C22H33N3O3S. The molecule has 0 aliphatic carbocycles. The predicted octanol–water partition coefficient (Wildman–Crippen LogP) is 3.63. The molecule has 2 heterocycles. The van der Waals surface area contributed by atoms with Crippen molar-refractivity contribution in [3.05, 3.63) is 45.8 Å². The summed E-state index contributed by atoms with van der Waals surface area (Å²) in [5, 5.41) is 15.1. The van der Waals surface area contributed by atoms with Gasteiger partial charge in [-0.05, 0) is 57.4 Å². The first-order valence-corrected chi connectivity index (χ1v) is 12.1. The maximum Gasteiger partial charge on any atom is 0.152 e. The largest absolute Gasteiger partial charge is 0.508 e. The first-order chi connectivity index (χ1) is 13.5. The number of aryl methyl sites for hydroxylation is 2. The Labute approximate surface area is 174 Å². The van der Waals surface area contributed by atoms with Crippen LogP contribution < -0.4 is 0 Å². The molecule has 1 aliphatic heterocycles. The summed E-state index contributed by atoms with van der Waals surface area (Å²) in [6.45, 7) is 11.7. The average Bonchev–Trinajstić information content (AvgIpc) is 3.10. The van der Waals surface area contributed by atoms with Gasteiger partial charge in [0.1, 0.15) is 5.75 Å². The number of phenols is 1. The van der Waals surface area contributed by atoms with Crippen molar-refractivity contribution in [2.24, 2.45) is 0 Å². The van der Waals surface area contributed by atoms with Gasteiger partial charge in [-0.1, -0.05) is 19.9 Å². The highest BCUT2D eigenvalue weighted by Crippen LogP contribution is 2.30. The molecule has 1 N–H and O–H groups in total. The molecular weight excluding hydrogens is 386 g/mol. The third kappa shape index (κ3) is 4.67. The van der Waals surface area contributed by atoms with Crippen LogP contribution in [0.15, 0.2) is 12.1 Å². The lowest BCUT2D eigenvalue weighted by atomic mass is 9.95. The fourth-order valence-corrected chi connectivity index (χ4v) is 6.06. The van der Waals surface area contributed by atoms with Crippen molar-refractivity contribution >= 4 is 9.84 Å². The molecule has 1 atom stereocenters. The Kier molecular flexibility index (Phi) is 6.11. The Balaban J connectivity index is 1.78. The molecule has 0 unspecified atom stereocenters. The Morgan fingerprint density at radius 2 is 1.93 bits per heavy atom. The number of rotatable bonds is 6. The number of sulfone groups is 1. The summed E-state index contributed by atoms with van der Waals surface area (Å²) in [5.74, 6) is 1.17. The number of hydrogen-bond donors (Lipinski definition) is 1. The summed E-state index contributed by atoms with van der Waals surface area (Å²) in [5.41, 5.74) is 6.40. The lowest BCUT2D eigenvalue weighted by Crippen LogP contribution is -2.19. The molecule has 0 radical (unpaired) electrons. The molecule has 3 rings (SSSR count). The van der Waals surface area contributed by atoms with Gasteiger partial charge >= 0.3 is 0 Å². The number of aromatic nitrogens is 2. The fraction of sp³-hybridized carbons (Fsp3) is 0.591. The zero-order valence-electron chi connectivity index (χ0n) is 18.4. The van der Waals surface area contributed by atoms with Crippen LogP contribution in [0.25, 0.3) is 0 Å². The van der Waals surface area contributed by atoms with E-state index in [0.29, 0.717) is 31.2 Å². The van der Waals surface area contributed by atoms with Crippen molar-refractivity contribution in [2.75, 3.05) is 18.6 Å². The Morgan fingerprint density at radius 1 is 1.24 bits per heavy atom. The summed E-state index contributed by atoms with van der Waals surface area (Å²) in [4.78, 5) is 2.17. The third-order valence-electron chi connectivity index (χ3n) is 5.99. The van der Waals surface area contributed by atoms with Crippen LogP contribution >= 0.6 is 0 Å². The minimum atomic E-state index is -2.95. The highest BCUT2D eigenvalue weighted by atomic mass is 32.2. The van der Waals surface area contributed by atoms with Crippen LogP contribution in [-0.2, 0) is 22.9 Å². The molecule has 2 aromatic rings. The van der Waals surface area contributed by atoms with Crippen molar-refractivity contribution in [2.45, 2.75) is 66.1 Å². The fourth-order valence-electron chi connectivity index (χ4n) is 4.37. The van der Waals surface area contributed by atoms with Gasteiger partial charge in [-0.15, -0.1) is 0 Å². The van der Waals surface area contributed by atoms with E-state index in [2.05, 4.69) is 29.9 Å². The Hall–Kier alpha value is -1.86. The van der Waals surface area contributed by atoms with E-state index in [1.54, 1.807) is 0 Å². The lowest BCUT2D eigenvalue weighted by molar-refractivity contribution is 0.311. The van der Waals surface area contributed by atoms with E-state index in [4.69, 9.17) is 0 Å². The van der Waals surface area contributed by atoms with Gasteiger partial charge in [-0.2, -0.15) is 5.10 Å². The molecule has 0 bridgehead atoms. The molecule has 1 saturated heterocycles. The van der Waals surface area contributed by atoms with Crippen LogP contribution in [0, 0.1) is 20.8 Å². The molecule has 6 nitrogen and oxygen atoms in total. The van der Waals surface area contributed by atoms with Crippen molar-refractivity contribution in [1.29, 1.82) is 0 Å². The summed E-state index contributed by atoms with van der Waals surface area (Å²) >= 11 is 0. The number of benzene rings is 1. The van der Waals surface area contributed by atoms with E-state index in [0.717, 1.165) is 28.1 Å². The SMILES string of the molecule is Cc1cc(O)c(CN(C)Cc2c(C)nn([C@@H]3CCS(=O)(=O)C3)c2C)cc1C(C)C. The number of aromatic hydroxyl groups is 1. The summed E-state index contributed by atoms with van der Waals surface area (Å²) in [6.07, 6.45) is 0.634. The molecule has 160 valence electrons. The van der Waals surface area contributed by atoms with Gasteiger partial charge in [0.25, 0.3) is 0 Å². The van der Waals surface area contributed by atoms with Crippen LogP contribution in [0.1, 0.15) is 65.9 Å². The quantitative estimate of drug-likeness (QED) is 0.774. The second-order valence-corrected chi connectivity index (χ2v) is 11.0. The van der Waals surface area contributed by atoms with E-state index in [9.17, 15) is 13.5 Å². The van der Waals surface area contributed by atoms with Gasteiger partial charge < -0.3 is 5.11 Å². The number of phenolic OH excluding ortho intramolecular Hbond substituents is 1. The van der Waals surface area contributed by atoms with Crippen LogP contribution in [0.5, 0.6) is 5.75 Å². The Bertz CT molecular complexity index is 1010. The molecule has 1 aromatic heterocycles. The maximum absolute atomic E-state index is 11.9. The number of hydrogen-bond acceptors (Lipinski definition) is 5. The minimum Gasteiger partial charge on any atom is -0.508 e. The topological polar surface area (TPSA) is 75.4 Å². The zero-order chi connectivity index (χ0) is 21.5. The Morgan fingerprint density at radius 3 is 2.52 bits per heavy atom. The van der Waals surface area contributed by atoms with Crippen molar-refractivity contribution < 1.29 is 13.5 Å². The third-order valence-corrected chi connectivity index (χ3v) is 7.74. The van der Waals surface area contributed by atoms with Gasteiger partial charge in [-0.25, -0.2) is 8.42 Å². The predicted molar refractivity (Wildman–Crippen MR) is 116 cm³/mol. The first-order valence-electron chi connectivity index (χ1n) is 10.2. The monoisotopic (exact) mass is 419 g/mol. The standard InChI is InChI=1S/C22H33N3O3S/c1-14(2)20-10-18(22(26)9-15(20)3)11-24(6)12-21-16(4)23-25(17(21)5)19-7-8-29(27,28)13-19/h9-10,14,19,26H,7-8,11-13H2,1-6H3/t19-/m1/s1. The van der Waals surface area contributed by atoms with Crippen molar-refractivity contribution in [3.63, 3.8) is 0 Å². The van der Waals surface area contributed by atoms with Crippen LogP contribution in [0.3, 0.4) is 0 Å². The second kappa shape index (κ2) is 8.11. The lowest BCUT2D eigenvalue weighted by Gasteiger charge is -2.20. The normalized spacial score (nSPS) is 18.8. The average molecular weight is 420 g/mol. The zero-order valence-corrected chi connectivity index (χ0v) is 19.2. The van der Waals surface area contributed by atoms with E-state index < -0.39 is 9.84 Å². The number of nitrogens with zero attached hydrogens (tertiary/aromatic N) is 3. The van der Waals surface area contributed by atoms with Gasteiger partial charge in [0.05, 0.1) is 23.2 Å². The minimum absolute atomic E-state index is 0.0625. The molecule has 29 heavy (non-hydrogen) atoms. The molecule has 0 saturated carbocycles. The highest BCUT2D eigenvalue weighted by Gasteiger charge is 2.31. The van der Waals surface area contributed by atoms with Crippen LogP contribution in [-0.4, -0.2) is 46.8 Å².